The van der Waals surface area contributed by atoms with Crippen LogP contribution in [0.2, 0.25) is 0 Å². The predicted octanol–water partition coefficient (Wildman–Crippen LogP) is 4.01. The molecule has 1 N–H and O–H groups in total. The highest BCUT2D eigenvalue weighted by Crippen LogP contribution is 2.35. The van der Waals surface area contributed by atoms with E-state index in [1.807, 2.05) is 0 Å². The van der Waals surface area contributed by atoms with Gasteiger partial charge in [-0.1, -0.05) is 25.1 Å². The number of amides is 1. The van der Waals surface area contributed by atoms with Gasteiger partial charge in [0.05, 0.1) is 4.90 Å². The molecular formula is C20H21F3N2O4S. The Labute approximate surface area is 172 Å². The molecular weight excluding hydrogens is 421 g/mol. The fourth-order valence-corrected chi connectivity index (χ4v) is 4.67. The Balaban J connectivity index is 1.61. The SMILES string of the molecule is CC1(C(=O)Nc2ccc(OC(F)(F)F)cc2)CCN(S(=O)(=O)c2ccccc2)CC1. The summed E-state index contributed by atoms with van der Waals surface area (Å²) in [6, 6.07) is 13.0. The Morgan fingerprint density at radius 2 is 1.60 bits per heavy atom. The van der Waals surface area contributed by atoms with Crippen LogP contribution in [0.25, 0.3) is 0 Å². The van der Waals surface area contributed by atoms with Crippen molar-refractivity contribution < 1.29 is 31.1 Å². The lowest BCUT2D eigenvalue weighted by molar-refractivity contribution is -0.274. The van der Waals surface area contributed by atoms with Gasteiger partial charge in [-0.25, -0.2) is 8.42 Å². The third-order valence-electron chi connectivity index (χ3n) is 5.10. The molecule has 0 aliphatic carbocycles. The minimum absolute atomic E-state index is 0.194. The summed E-state index contributed by atoms with van der Waals surface area (Å²) in [6.45, 7) is 2.13. The van der Waals surface area contributed by atoms with Crippen LogP contribution in [0.15, 0.2) is 59.5 Å². The number of sulfonamides is 1. The zero-order valence-electron chi connectivity index (χ0n) is 16.1. The van der Waals surface area contributed by atoms with Gasteiger partial charge in [-0.05, 0) is 49.2 Å². The Morgan fingerprint density at radius 1 is 1.03 bits per heavy atom. The first kappa shape index (κ1) is 22.1. The van der Waals surface area contributed by atoms with E-state index in [0.717, 1.165) is 12.1 Å². The molecule has 1 fully saturated rings. The van der Waals surface area contributed by atoms with Crippen LogP contribution in [-0.2, 0) is 14.8 Å². The molecule has 30 heavy (non-hydrogen) atoms. The van der Waals surface area contributed by atoms with E-state index in [1.165, 1.54) is 28.6 Å². The summed E-state index contributed by atoms with van der Waals surface area (Å²) in [4.78, 5) is 12.9. The summed E-state index contributed by atoms with van der Waals surface area (Å²) in [5.74, 6) is -0.699. The third kappa shape index (κ3) is 5.11. The lowest BCUT2D eigenvalue weighted by Crippen LogP contribution is -2.46. The van der Waals surface area contributed by atoms with Gasteiger partial charge in [0.25, 0.3) is 0 Å². The van der Waals surface area contributed by atoms with Gasteiger partial charge in [-0.2, -0.15) is 4.31 Å². The predicted molar refractivity (Wildman–Crippen MR) is 104 cm³/mol. The maximum absolute atomic E-state index is 12.7. The molecule has 1 aliphatic heterocycles. The number of rotatable bonds is 5. The lowest BCUT2D eigenvalue weighted by Gasteiger charge is -2.37. The number of nitrogens with one attached hydrogen (secondary N) is 1. The topological polar surface area (TPSA) is 75.7 Å². The van der Waals surface area contributed by atoms with Crippen molar-refractivity contribution in [3.8, 4) is 5.75 Å². The Kier molecular flexibility index (Phi) is 6.09. The standard InChI is InChI=1S/C20H21F3N2O4S/c1-19(18(26)24-15-7-9-16(10-8-15)29-20(21,22)23)11-13-25(14-12-19)30(27,28)17-5-3-2-4-6-17/h2-10H,11-14H2,1H3,(H,24,26). The van der Waals surface area contributed by atoms with E-state index >= 15 is 0 Å². The molecule has 0 bridgehead atoms. The molecule has 0 radical (unpaired) electrons. The Hall–Kier alpha value is -2.59. The number of anilines is 1. The van der Waals surface area contributed by atoms with Crippen LogP contribution >= 0.6 is 0 Å². The summed E-state index contributed by atoms with van der Waals surface area (Å²) < 4.78 is 67.3. The van der Waals surface area contributed by atoms with E-state index in [0.29, 0.717) is 18.5 Å². The molecule has 3 rings (SSSR count). The molecule has 2 aromatic rings. The number of alkyl halides is 3. The van der Waals surface area contributed by atoms with Crippen LogP contribution in [0.4, 0.5) is 18.9 Å². The van der Waals surface area contributed by atoms with E-state index in [1.54, 1.807) is 25.1 Å². The maximum Gasteiger partial charge on any atom is 0.573 e. The van der Waals surface area contributed by atoms with E-state index in [9.17, 15) is 26.4 Å². The number of ether oxygens (including phenoxy) is 1. The number of nitrogens with zero attached hydrogens (tertiary/aromatic N) is 1. The lowest BCUT2D eigenvalue weighted by atomic mass is 9.80. The molecule has 0 spiro atoms. The van der Waals surface area contributed by atoms with Gasteiger partial charge >= 0.3 is 6.36 Å². The van der Waals surface area contributed by atoms with Crippen LogP contribution in [0.1, 0.15) is 19.8 Å². The molecule has 1 aliphatic rings. The molecule has 0 atom stereocenters. The molecule has 162 valence electrons. The number of hydrogen-bond acceptors (Lipinski definition) is 4. The highest BCUT2D eigenvalue weighted by Gasteiger charge is 2.40. The molecule has 0 unspecified atom stereocenters. The van der Waals surface area contributed by atoms with Gasteiger partial charge in [0.2, 0.25) is 15.9 Å². The van der Waals surface area contributed by atoms with Crippen molar-refractivity contribution in [2.24, 2.45) is 5.41 Å². The minimum Gasteiger partial charge on any atom is -0.406 e. The number of halogens is 3. The van der Waals surface area contributed by atoms with Gasteiger partial charge < -0.3 is 10.1 Å². The van der Waals surface area contributed by atoms with Crippen molar-refractivity contribution >= 4 is 21.6 Å². The number of carbonyl (C=O) groups is 1. The van der Waals surface area contributed by atoms with Crippen LogP contribution in [0, 0.1) is 5.41 Å². The smallest absolute Gasteiger partial charge is 0.406 e. The first-order chi connectivity index (χ1) is 14.0. The molecule has 0 saturated carbocycles. The van der Waals surface area contributed by atoms with E-state index < -0.39 is 21.8 Å². The number of piperidine rings is 1. The van der Waals surface area contributed by atoms with Crippen LogP contribution in [-0.4, -0.2) is 38.1 Å². The maximum atomic E-state index is 12.7. The summed E-state index contributed by atoms with van der Waals surface area (Å²) in [7, 11) is -3.62. The van der Waals surface area contributed by atoms with Gasteiger partial charge in [0.1, 0.15) is 5.75 Å². The van der Waals surface area contributed by atoms with E-state index in [4.69, 9.17) is 0 Å². The van der Waals surface area contributed by atoms with Crippen LogP contribution < -0.4 is 10.1 Å². The second kappa shape index (κ2) is 8.27. The molecule has 2 aromatic carbocycles. The van der Waals surface area contributed by atoms with Crippen molar-refractivity contribution in [2.75, 3.05) is 18.4 Å². The molecule has 6 nitrogen and oxygen atoms in total. The largest absolute Gasteiger partial charge is 0.573 e. The number of benzene rings is 2. The first-order valence-corrected chi connectivity index (χ1v) is 10.7. The summed E-state index contributed by atoms with van der Waals surface area (Å²) in [6.07, 6.45) is -4.15. The zero-order valence-corrected chi connectivity index (χ0v) is 17.0. The second-order valence-electron chi connectivity index (χ2n) is 7.30. The molecule has 1 heterocycles. The summed E-state index contributed by atoms with van der Waals surface area (Å²) in [5.41, 5.74) is -0.473. The van der Waals surface area contributed by atoms with Gasteiger partial charge in [-0.3, -0.25) is 4.79 Å². The normalized spacial score (nSPS) is 17.3. The van der Waals surface area contributed by atoms with Crippen molar-refractivity contribution in [2.45, 2.75) is 31.0 Å². The fourth-order valence-electron chi connectivity index (χ4n) is 3.21. The van der Waals surface area contributed by atoms with Crippen molar-refractivity contribution in [3.05, 3.63) is 54.6 Å². The van der Waals surface area contributed by atoms with Crippen LogP contribution in [0.3, 0.4) is 0 Å². The first-order valence-electron chi connectivity index (χ1n) is 9.22. The van der Waals surface area contributed by atoms with E-state index in [-0.39, 0.29) is 29.6 Å². The van der Waals surface area contributed by atoms with E-state index in [2.05, 4.69) is 10.1 Å². The quantitative estimate of drug-likeness (QED) is 0.759. The minimum atomic E-state index is -4.79. The highest BCUT2D eigenvalue weighted by atomic mass is 32.2. The van der Waals surface area contributed by atoms with Crippen LogP contribution in [0.5, 0.6) is 5.75 Å². The van der Waals surface area contributed by atoms with Gasteiger partial charge in [0, 0.05) is 24.2 Å². The monoisotopic (exact) mass is 442 g/mol. The molecule has 1 amide bonds. The van der Waals surface area contributed by atoms with Gasteiger partial charge in [-0.15, -0.1) is 13.2 Å². The summed E-state index contributed by atoms with van der Waals surface area (Å²) >= 11 is 0. The average Bonchev–Trinajstić information content (AvgIpc) is 2.69. The molecule has 0 aromatic heterocycles. The third-order valence-corrected chi connectivity index (χ3v) is 7.01. The number of hydrogen-bond donors (Lipinski definition) is 1. The van der Waals surface area contributed by atoms with Crippen molar-refractivity contribution in [1.29, 1.82) is 0 Å². The second-order valence-corrected chi connectivity index (χ2v) is 9.24. The van der Waals surface area contributed by atoms with Crippen molar-refractivity contribution in [1.82, 2.24) is 4.31 Å². The van der Waals surface area contributed by atoms with Crippen molar-refractivity contribution in [3.63, 3.8) is 0 Å². The zero-order chi connectivity index (χ0) is 22.0. The molecule has 10 heteroatoms. The Bertz CT molecular complexity index is 985. The molecule has 1 saturated heterocycles. The fraction of sp³-hybridized carbons (Fsp3) is 0.350. The summed E-state index contributed by atoms with van der Waals surface area (Å²) in [5, 5.41) is 2.68. The highest BCUT2D eigenvalue weighted by molar-refractivity contribution is 7.89. The Morgan fingerprint density at radius 3 is 2.13 bits per heavy atom. The average molecular weight is 442 g/mol. The number of carbonyl (C=O) groups excluding carboxylic acids is 1. The van der Waals surface area contributed by atoms with Gasteiger partial charge in [0.15, 0.2) is 0 Å².